The van der Waals surface area contributed by atoms with Crippen molar-refractivity contribution in [3.05, 3.63) is 40.7 Å². The van der Waals surface area contributed by atoms with Gasteiger partial charge in [0.1, 0.15) is 16.2 Å². The topological polar surface area (TPSA) is 42.2 Å². The second-order valence-corrected chi connectivity index (χ2v) is 4.40. The van der Waals surface area contributed by atoms with Gasteiger partial charge in [0.2, 0.25) is 0 Å². The first kappa shape index (κ1) is 11.1. The lowest BCUT2D eigenvalue weighted by Crippen LogP contribution is -2.17. The van der Waals surface area contributed by atoms with Crippen LogP contribution >= 0.6 is 15.9 Å². The van der Waals surface area contributed by atoms with E-state index in [2.05, 4.69) is 25.9 Å². The molecule has 0 N–H and O–H groups in total. The van der Waals surface area contributed by atoms with Gasteiger partial charge in [-0.1, -0.05) is 0 Å². The Morgan fingerprint density at radius 3 is 2.88 bits per heavy atom. The zero-order chi connectivity index (χ0) is 11.5. The lowest BCUT2D eigenvalue weighted by atomic mass is 10.3. The molecule has 2 heterocycles. The number of aromatic nitrogens is 2. The zero-order valence-electron chi connectivity index (χ0n) is 9.14. The van der Waals surface area contributed by atoms with Crippen molar-refractivity contribution in [1.82, 2.24) is 9.97 Å². The summed E-state index contributed by atoms with van der Waals surface area (Å²) in [5.74, 6) is 1.64. The molecule has 5 heteroatoms. The fourth-order valence-corrected chi connectivity index (χ4v) is 1.91. The monoisotopic (exact) mass is 281 g/mol. The van der Waals surface area contributed by atoms with Gasteiger partial charge in [-0.25, -0.2) is 9.97 Å². The van der Waals surface area contributed by atoms with Crippen LogP contribution in [0.2, 0.25) is 0 Å². The summed E-state index contributed by atoms with van der Waals surface area (Å²) < 4.78 is 5.83. The smallest absolute Gasteiger partial charge is 0.133 e. The molecule has 0 unspecified atom stereocenters. The van der Waals surface area contributed by atoms with E-state index in [4.69, 9.17) is 4.42 Å². The summed E-state index contributed by atoms with van der Waals surface area (Å²) >= 11 is 3.36. The molecule has 16 heavy (non-hydrogen) atoms. The molecule has 0 aliphatic rings. The minimum absolute atomic E-state index is 0.753. The predicted molar refractivity (Wildman–Crippen MR) is 65.3 cm³/mol. The van der Waals surface area contributed by atoms with E-state index in [1.54, 1.807) is 12.5 Å². The Hall–Kier alpha value is -1.36. The average Bonchev–Trinajstić information content (AvgIpc) is 2.68. The number of hydrogen-bond acceptors (Lipinski definition) is 4. The van der Waals surface area contributed by atoms with Crippen molar-refractivity contribution < 1.29 is 4.42 Å². The molecule has 0 amide bonds. The van der Waals surface area contributed by atoms with Crippen molar-refractivity contribution in [1.29, 1.82) is 0 Å². The highest BCUT2D eigenvalue weighted by molar-refractivity contribution is 9.10. The minimum atomic E-state index is 0.753. The van der Waals surface area contributed by atoms with Gasteiger partial charge in [0.25, 0.3) is 0 Å². The number of rotatable bonds is 3. The Morgan fingerprint density at radius 1 is 1.44 bits per heavy atom. The molecule has 0 radical (unpaired) electrons. The number of anilines is 1. The first-order valence-electron chi connectivity index (χ1n) is 4.88. The molecule has 0 aliphatic carbocycles. The van der Waals surface area contributed by atoms with Crippen molar-refractivity contribution in [2.45, 2.75) is 13.5 Å². The van der Waals surface area contributed by atoms with Crippen molar-refractivity contribution in [3.8, 4) is 0 Å². The SMILES string of the molecule is Cc1nc(Br)cc(N(C)Cc2ccoc2)n1. The fraction of sp³-hybridized carbons (Fsp3) is 0.273. The number of halogens is 1. The van der Waals surface area contributed by atoms with Crippen molar-refractivity contribution >= 4 is 21.7 Å². The minimum Gasteiger partial charge on any atom is -0.472 e. The van der Waals surface area contributed by atoms with Gasteiger partial charge in [0.15, 0.2) is 0 Å². The summed E-state index contributed by atoms with van der Waals surface area (Å²) in [7, 11) is 1.99. The predicted octanol–water partition coefficient (Wildman–Crippen LogP) is 2.78. The highest BCUT2D eigenvalue weighted by Crippen LogP contribution is 2.17. The summed E-state index contributed by atoms with van der Waals surface area (Å²) in [4.78, 5) is 10.6. The van der Waals surface area contributed by atoms with Gasteiger partial charge in [-0.3, -0.25) is 0 Å². The second kappa shape index (κ2) is 4.65. The maximum atomic E-state index is 5.03. The number of nitrogens with zero attached hydrogens (tertiary/aromatic N) is 3. The molecule has 0 spiro atoms. The molecule has 2 aromatic heterocycles. The van der Waals surface area contributed by atoms with Crippen LogP contribution < -0.4 is 4.90 Å². The Labute approximate surface area is 102 Å². The van der Waals surface area contributed by atoms with E-state index in [-0.39, 0.29) is 0 Å². The third-order valence-corrected chi connectivity index (χ3v) is 2.59. The van der Waals surface area contributed by atoms with Crippen LogP contribution in [0.25, 0.3) is 0 Å². The number of furan rings is 1. The molecule has 2 aromatic rings. The largest absolute Gasteiger partial charge is 0.472 e. The lowest BCUT2D eigenvalue weighted by Gasteiger charge is -2.17. The second-order valence-electron chi connectivity index (χ2n) is 3.58. The van der Waals surface area contributed by atoms with Gasteiger partial charge >= 0.3 is 0 Å². The van der Waals surface area contributed by atoms with E-state index < -0.39 is 0 Å². The molecule has 0 saturated carbocycles. The van der Waals surface area contributed by atoms with Crippen LogP contribution in [-0.4, -0.2) is 17.0 Å². The summed E-state index contributed by atoms with van der Waals surface area (Å²) in [5, 5.41) is 0. The van der Waals surface area contributed by atoms with E-state index in [0.717, 1.165) is 28.4 Å². The zero-order valence-corrected chi connectivity index (χ0v) is 10.7. The maximum Gasteiger partial charge on any atom is 0.133 e. The molecule has 84 valence electrons. The first-order valence-corrected chi connectivity index (χ1v) is 5.68. The molecule has 0 atom stereocenters. The van der Waals surface area contributed by atoms with Gasteiger partial charge in [-0.05, 0) is 28.9 Å². The summed E-state index contributed by atoms with van der Waals surface area (Å²) in [6, 6.07) is 3.84. The van der Waals surface area contributed by atoms with Crippen LogP contribution in [0.15, 0.2) is 33.7 Å². The van der Waals surface area contributed by atoms with Crippen LogP contribution in [0.1, 0.15) is 11.4 Å². The van der Waals surface area contributed by atoms with E-state index >= 15 is 0 Å². The highest BCUT2D eigenvalue weighted by Gasteiger charge is 2.06. The third-order valence-electron chi connectivity index (χ3n) is 2.18. The third kappa shape index (κ3) is 2.61. The Morgan fingerprint density at radius 2 is 2.25 bits per heavy atom. The molecule has 0 bridgehead atoms. The summed E-state index contributed by atoms with van der Waals surface area (Å²) in [6.45, 7) is 2.64. The van der Waals surface area contributed by atoms with Crippen LogP contribution in [0, 0.1) is 6.92 Å². The molecule has 4 nitrogen and oxygen atoms in total. The number of aryl methyl sites for hydroxylation is 1. The van der Waals surface area contributed by atoms with Gasteiger partial charge in [-0.2, -0.15) is 0 Å². The van der Waals surface area contributed by atoms with Crippen molar-refractivity contribution in [2.24, 2.45) is 0 Å². The van der Waals surface area contributed by atoms with E-state index in [9.17, 15) is 0 Å². The van der Waals surface area contributed by atoms with Gasteiger partial charge in [-0.15, -0.1) is 0 Å². The molecule has 0 fully saturated rings. The highest BCUT2D eigenvalue weighted by atomic mass is 79.9. The lowest BCUT2D eigenvalue weighted by molar-refractivity contribution is 0.563. The Kier molecular flexibility index (Phi) is 3.24. The van der Waals surface area contributed by atoms with Crippen LogP contribution in [0.4, 0.5) is 5.82 Å². The molecule has 2 rings (SSSR count). The number of hydrogen-bond donors (Lipinski definition) is 0. The molecule has 0 aromatic carbocycles. The summed E-state index contributed by atoms with van der Waals surface area (Å²) in [6.07, 6.45) is 3.41. The van der Waals surface area contributed by atoms with Crippen LogP contribution in [0.3, 0.4) is 0 Å². The fourth-order valence-electron chi connectivity index (χ4n) is 1.45. The summed E-state index contributed by atoms with van der Waals surface area (Å²) in [5.41, 5.74) is 1.12. The maximum absolute atomic E-state index is 5.03. The molecular formula is C11H12BrN3O. The molecule has 0 aliphatic heterocycles. The van der Waals surface area contributed by atoms with Crippen molar-refractivity contribution in [2.75, 3.05) is 11.9 Å². The van der Waals surface area contributed by atoms with E-state index in [1.165, 1.54) is 0 Å². The quantitative estimate of drug-likeness (QED) is 0.812. The average molecular weight is 282 g/mol. The Bertz CT molecular complexity index is 450. The normalized spacial score (nSPS) is 10.4. The standard InChI is InChI=1S/C11H12BrN3O/c1-8-13-10(12)5-11(14-8)15(2)6-9-3-4-16-7-9/h3-5,7H,6H2,1-2H3. The molecular weight excluding hydrogens is 270 g/mol. The van der Waals surface area contributed by atoms with E-state index in [1.807, 2.05) is 31.0 Å². The van der Waals surface area contributed by atoms with Crippen molar-refractivity contribution in [3.63, 3.8) is 0 Å². The van der Waals surface area contributed by atoms with E-state index in [0.29, 0.717) is 0 Å². The van der Waals surface area contributed by atoms with Gasteiger partial charge in [0.05, 0.1) is 12.5 Å². The molecule has 0 saturated heterocycles. The van der Waals surface area contributed by atoms with Crippen LogP contribution in [-0.2, 0) is 6.54 Å². The van der Waals surface area contributed by atoms with Crippen LogP contribution in [0.5, 0.6) is 0 Å². The van der Waals surface area contributed by atoms with Gasteiger partial charge in [0, 0.05) is 25.2 Å². The Balaban J connectivity index is 2.17. The first-order chi connectivity index (χ1) is 7.65. The van der Waals surface area contributed by atoms with Gasteiger partial charge < -0.3 is 9.32 Å².